The first-order valence-corrected chi connectivity index (χ1v) is 6.36. The molecule has 2 rings (SSSR count). The predicted molar refractivity (Wildman–Crippen MR) is 67.8 cm³/mol. The van der Waals surface area contributed by atoms with Crippen LogP contribution in [-0.2, 0) is 6.42 Å². The Bertz CT molecular complexity index is 388. The van der Waals surface area contributed by atoms with Gasteiger partial charge in [0.1, 0.15) is 11.6 Å². The van der Waals surface area contributed by atoms with Crippen molar-refractivity contribution in [1.82, 2.24) is 0 Å². The predicted octanol–water partition coefficient (Wildman–Crippen LogP) is 4.20. The molecule has 1 aliphatic carbocycles. The Kier molecular flexibility index (Phi) is 3.41. The van der Waals surface area contributed by atoms with Gasteiger partial charge in [-0.05, 0) is 42.7 Å². The maximum atomic E-state index is 13.8. The van der Waals surface area contributed by atoms with Gasteiger partial charge in [-0.1, -0.05) is 26.8 Å². The fourth-order valence-corrected chi connectivity index (χ4v) is 1.87. The average Bonchev–Trinajstić information content (AvgIpc) is 3.01. The first-order chi connectivity index (χ1) is 7.96. The van der Waals surface area contributed by atoms with Gasteiger partial charge in [0.15, 0.2) is 0 Å². The van der Waals surface area contributed by atoms with Crippen LogP contribution in [0.3, 0.4) is 0 Å². The lowest BCUT2D eigenvalue weighted by Crippen LogP contribution is -2.12. The molecule has 0 radical (unpaired) electrons. The molecule has 1 fully saturated rings. The van der Waals surface area contributed by atoms with Crippen LogP contribution in [0.1, 0.15) is 39.2 Å². The van der Waals surface area contributed by atoms with E-state index in [1.54, 1.807) is 6.07 Å². The molecule has 0 aromatic heterocycles. The fraction of sp³-hybridized carbons (Fsp3) is 0.600. The van der Waals surface area contributed by atoms with E-state index in [2.05, 4.69) is 20.8 Å². The summed E-state index contributed by atoms with van der Waals surface area (Å²) >= 11 is 0. The van der Waals surface area contributed by atoms with E-state index in [0.29, 0.717) is 12.3 Å². The zero-order chi connectivity index (χ0) is 12.5. The Balaban J connectivity index is 2.14. The van der Waals surface area contributed by atoms with E-state index in [-0.39, 0.29) is 11.2 Å². The minimum atomic E-state index is -0.145. The average molecular weight is 236 g/mol. The van der Waals surface area contributed by atoms with Crippen molar-refractivity contribution < 1.29 is 9.13 Å². The molecule has 0 aliphatic heterocycles. The molecule has 0 heterocycles. The van der Waals surface area contributed by atoms with E-state index >= 15 is 0 Å². The quantitative estimate of drug-likeness (QED) is 0.761. The molecule has 0 N–H and O–H groups in total. The van der Waals surface area contributed by atoms with E-state index < -0.39 is 0 Å². The highest BCUT2D eigenvalue weighted by Gasteiger charge is 2.23. The van der Waals surface area contributed by atoms with Gasteiger partial charge in [0.05, 0.1) is 6.61 Å². The second-order valence-electron chi connectivity index (χ2n) is 6.21. The van der Waals surface area contributed by atoms with Gasteiger partial charge in [-0.25, -0.2) is 4.39 Å². The fourth-order valence-electron chi connectivity index (χ4n) is 1.87. The van der Waals surface area contributed by atoms with Gasteiger partial charge in [-0.3, -0.25) is 0 Å². The molecular formula is C15H21FO. The van der Waals surface area contributed by atoms with Crippen molar-refractivity contribution in [3.8, 4) is 5.75 Å². The number of rotatable bonds is 4. The summed E-state index contributed by atoms with van der Waals surface area (Å²) in [5, 5.41) is 0. The second kappa shape index (κ2) is 4.67. The molecule has 1 nitrogen and oxygen atoms in total. The van der Waals surface area contributed by atoms with Crippen molar-refractivity contribution in [3.05, 3.63) is 29.6 Å². The molecule has 2 heteroatoms. The summed E-state index contributed by atoms with van der Waals surface area (Å²) in [6, 6.07) is 5.13. The zero-order valence-electron chi connectivity index (χ0n) is 10.9. The van der Waals surface area contributed by atoms with E-state index in [0.717, 1.165) is 17.9 Å². The topological polar surface area (TPSA) is 9.23 Å². The first-order valence-electron chi connectivity index (χ1n) is 6.36. The van der Waals surface area contributed by atoms with Gasteiger partial charge in [0.25, 0.3) is 0 Å². The third kappa shape index (κ3) is 3.72. The lowest BCUT2D eigenvalue weighted by Gasteiger charge is -2.21. The molecule has 17 heavy (non-hydrogen) atoms. The Morgan fingerprint density at radius 3 is 2.59 bits per heavy atom. The maximum absolute atomic E-state index is 13.8. The van der Waals surface area contributed by atoms with E-state index in [1.807, 2.05) is 6.07 Å². The van der Waals surface area contributed by atoms with Crippen LogP contribution in [0.25, 0.3) is 0 Å². The Hall–Kier alpha value is -1.05. The number of halogens is 1. The maximum Gasteiger partial charge on any atom is 0.130 e. The monoisotopic (exact) mass is 236 g/mol. The number of ether oxygens (including phenoxy) is 1. The van der Waals surface area contributed by atoms with Gasteiger partial charge < -0.3 is 4.74 Å². The second-order valence-corrected chi connectivity index (χ2v) is 6.21. The molecule has 0 amide bonds. The number of hydrogen-bond acceptors (Lipinski definition) is 1. The summed E-state index contributed by atoms with van der Waals surface area (Å²) in [4.78, 5) is 0. The standard InChI is InChI=1S/C15H21FO/c1-15(2,3)9-12-13(16)5-4-6-14(12)17-10-11-7-8-11/h4-6,11H,7-10H2,1-3H3. The molecule has 94 valence electrons. The summed E-state index contributed by atoms with van der Waals surface area (Å²) in [6.45, 7) is 7.08. The molecule has 0 spiro atoms. The van der Waals surface area contributed by atoms with Gasteiger partial charge >= 0.3 is 0 Å². The van der Waals surface area contributed by atoms with E-state index in [9.17, 15) is 4.39 Å². The smallest absolute Gasteiger partial charge is 0.130 e. The molecule has 1 aliphatic rings. The lowest BCUT2D eigenvalue weighted by atomic mass is 9.87. The minimum Gasteiger partial charge on any atom is -0.493 e. The van der Waals surface area contributed by atoms with E-state index in [4.69, 9.17) is 4.74 Å². The highest BCUT2D eigenvalue weighted by atomic mass is 19.1. The Morgan fingerprint density at radius 2 is 2.00 bits per heavy atom. The highest BCUT2D eigenvalue weighted by molar-refractivity contribution is 5.35. The molecule has 1 saturated carbocycles. The van der Waals surface area contributed by atoms with Crippen LogP contribution >= 0.6 is 0 Å². The van der Waals surface area contributed by atoms with Crippen molar-refractivity contribution >= 4 is 0 Å². The minimum absolute atomic E-state index is 0.0693. The zero-order valence-corrected chi connectivity index (χ0v) is 10.9. The first kappa shape index (κ1) is 12.4. The SMILES string of the molecule is CC(C)(C)Cc1c(F)cccc1OCC1CC1. The Morgan fingerprint density at radius 1 is 1.29 bits per heavy atom. The third-order valence-electron chi connectivity index (χ3n) is 2.95. The Labute approximate surface area is 103 Å². The van der Waals surface area contributed by atoms with Crippen LogP contribution in [0, 0.1) is 17.2 Å². The van der Waals surface area contributed by atoms with Crippen molar-refractivity contribution in [2.24, 2.45) is 11.3 Å². The molecule has 0 unspecified atom stereocenters. The van der Waals surface area contributed by atoms with Crippen LogP contribution in [0.15, 0.2) is 18.2 Å². The lowest BCUT2D eigenvalue weighted by molar-refractivity contribution is 0.289. The summed E-state index contributed by atoms with van der Waals surface area (Å²) in [6.07, 6.45) is 3.22. The summed E-state index contributed by atoms with van der Waals surface area (Å²) in [7, 11) is 0. The van der Waals surface area contributed by atoms with Gasteiger partial charge in [0.2, 0.25) is 0 Å². The van der Waals surface area contributed by atoms with Gasteiger partial charge in [-0.15, -0.1) is 0 Å². The van der Waals surface area contributed by atoms with Crippen LogP contribution in [0.4, 0.5) is 4.39 Å². The van der Waals surface area contributed by atoms with Crippen molar-refractivity contribution in [1.29, 1.82) is 0 Å². The molecular weight excluding hydrogens is 215 g/mol. The normalized spacial score (nSPS) is 16.0. The van der Waals surface area contributed by atoms with Crippen LogP contribution < -0.4 is 4.74 Å². The largest absolute Gasteiger partial charge is 0.493 e. The van der Waals surface area contributed by atoms with Gasteiger partial charge in [-0.2, -0.15) is 0 Å². The van der Waals surface area contributed by atoms with Crippen molar-refractivity contribution in [3.63, 3.8) is 0 Å². The third-order valence-corrected chi connectivity index (χ3v) is 2.95. The molecule has 1 aromatic rings. The molecule has 0 saturated heterocycles. The van der Waals surface area contributed by atoms with Crippen LogP contribution in [0.2, 0.25) is 0 Å². The van der Waals surface area contributed by atoms with Crippen molar-refractivity contribution in [2.75, 3.05) is 6.61 Å². The number of benzene rings is 1. The van der Waals surface area contributed by atoms with Crippen LogP contribution in [0.5, 0.6) is 5.75 Å². The summed E-state index contributed by atoms with van der Waals surface area (Å²) < 4.78 is 19.6. The number of hydrogen-bond donors (Lipinski definition) is 0. The van der Waals surface area contributed by atoms with E-state index in [1.165, 1.54) is 18.9 Å². The molecule has 0 bridgehead atoms. The highest BCUT2D eigenvalue weighted by Crippen LogP contribution is 2.33. The molecule has 1 aromatic carbocycles. The van der Waals surface area contributed by atoms with Crippen molar-refractivity contribution in [2.45, 2.75) is 40.0 Å². The van der Waals surface area contributed by atoms with Crippen LogP contribution in [-0.4, -0.2) is 6.61 Å². The summed E-state index contributed by atoms with van der Waals surface area (Å²) in [5.74, 6) is 1.28. The molecule has 0 atom stereocenters. The van der Waals surface area contributed by atoms with Gasteiger partial charge in [0, 0.05) is 5.56 Å². The summed E-state index contributed by atoms with van der Waals surface area (Å²) in [5.41, 5.74) is 0.792.